The molecule has 0 spiro atoms. The smallest absolute Gasteiger partial charge is 0.144 e. The number of aliphatic hydroxyl groups excluding tert-OH is 1. The van der Waals surface area contributed by atoms with Crippen LogP contribution in [0.1, 0.15) is 57.8 Å². The van der Waals surface area contributed by atoms with Crippen LogP contribution >= 0.6 is 0 Å². The third kappa shape index (κ3) is 3.74. The third-order valence-electron chi connectivity index (χ3n) is 6.73. The molecule has 1 aliphatic heterocycles. The molecular formula is C21H32N2O2. The van der Waals surface area contributed by atoms with Crippen LogP contribution in [0.5, 0.6) is 5.75 Å². The predicted molar refractivity (Wildman–Crippen MR) is 102 cm³/mol. The maximum Gasteiger partial charge on any atom is 0.144 e. The second-order valence-electron chi connectivity index (χ2n) is 8.32. The molecule has 0 amide bonds. The summed E-state index contributed by atoms with van der Waals surface area (Å²) in [6.45, 7) is 0. The largest absolute Gasteiger partial charge is 0.497 e. The van der Waals surface area contributed by atoms with Crippen LogP contribution in [-0.2, 0) is 0 Å². The standard InChI is InChI=1S/C21H32N2O2/c1-25-17-9-10-18-20(13-17)23-21(24)19(22-18)6-4-2-3-5-15-8-7-14-11-16(15)12-14/h9-10,13-16,19,21-24H,2-8,11-12H2,1H3/t14?,15-,16?,19?,21?/m0/s1. The predicted octanol–water partition coefficient (Wildman–Crippen LogP) is 4.61. The number of rotatable bonds is 7. The van der Waals surface area contributed by atoms with Crippen LogP contribution in [0.3, 0.4) is 0 Å². The second-order valence-corrected chi connectivity index (χ2v) is 8.32. The number of nitrogens with one attached hydrogen (secondary N) is 2. The molecule has 3 aliphatic carbocycles. The number of anilines is 2. The molecular weight excluding hydrogens is 312 g/mol. The average Bonchev–Trinajstić information content (AvgIpc) is 2.60. The van der Waals surface area contributed by atoms with E-state index in [0.29, 0.717) is 0 Å². The molecule has 4 aliphatic rings. The molecule has 3 atom stereocenters. The summed E-state index contributed by atoms with van der Waals surface area (Å²) >= 11 is 0. The van der Waals surface area contributed by atoms with Crippen LogP contribution in [0.15, 0.2) is 18.2 Å². The maximum absolute atomic E-state index is 10.4. The third-order valence-corrected chi connectivity index (χ3v) is 6.73. The summed E-state index contributed by atoms with van der Waals surface area (Å²) in [5, 5.41) is 17.1. The molecule has 4 nitrogen and oxygen atoms in total. The Hall–Kier alpha value is -1.42. The van der Waals surface area contributed by atoms with Crippen LogP contribution in [0.4, 0.5) is 11.4 Å². The molecule has 0 aromatic heterocycles. The normalized spacial score (nSPS) is 32.8. The Balaban J connectivity index is 1.19. The van der Waals surface area contributed by atoms with E-state index >= 15 is 0 Å². The van der Waals surface area contributed by atoms with Crippen molar-refractivity contribution in [1.29, 1.82) is 0 Å². The first kappa shape index (κ1) is 17.0. The molecule has 2 bridgehead atoms. The summed E-state index contributed by atoms with van der Waals surface area (Å²) < 4.78 is 5.25. The molecule has 138 valence electrons. The fraction of sp³-hybridized carbons (Fsp3) is 0.714. The number of hydrogen-bond acceptors (Lipinski definition) is 4. The Bertz CT molecular complexity index is 583. The van der Waals surface area contributed by atoms with Gasteiger partial charge in [0, 0.05) is 6.07 Å². The van der Waals surface area contributed by atoms with E-state index in [1.165, 1.54) is 51.4 Å². The van der Waals surface area contributed by atoms with Crippen LogP contribution in [0, 0.1) is 17.8 Å². The number of benzene rings is 1. The average molecular weight is 344 g/mol. The summed E-state index contributed by atoms with van der Waals surface area (Å²) in [7, 11) is 1.66. The minimum absolute atomic E-state index is 0.0861. The lowest BCUT2D eigenvalue weighted by molar-refractivity contribution is 0.0438. The highest BCUT2D eigenvalue weighted by molar-refractivity contribution is 5.73. The van der Waals surface area contributed by atoms with Crippen molar-refractivity contribution in [3.8, 4) is 5.75 Å². The molecule has 0 saturated heterocycles. The highest BCUT2D eigenvalue weighted by atomic mass is 16.5. The number of unbranched alkanes of at least 4 members (excludes halogenated alkanes) is 2. The Morgan fingerprint density at radius 2 is 1.88 bits per heavy atom. The minimum atomic E-state index is -0.537. The van der Waals surface area contributed by atoms with Gasteiger partial charge in [-0.2, -0.15) is 0 Å². The number of hydrogen-bond donors (Lipinski definition) is 3. The quantitative estimate of drug-likeness (QED) is 0.633. The fourth-order valence-electron chi connectivity index (χ4n) is 5.09. The first-order chi connectivity index (χ1) is 12.2. The highest BCUT2D eigenvalue weighted by Crippen LogP contribution is 2.50. The van der Waals surface area contributed by atoms with Crippen molar-refractivity contribution in [1.82, 2.24) is 0 Å². The SMILES string of the molecule is COc1ccc2c(c1)NC(O)C(CCCCC[C@H]1CCC3CC1C3)N2. The van der Waals surface area contributed by atoms with Gasteiger partial charge in [0.05, 0.1) is 24.5 Å². The lowest BCUT2D eigenvalue weighted by Crippen LogP contribution is -2.42. The van der Waals surface area contributed by atoms with Gasteiger partial charge in [-0.3, -0.25) is 0 Å². The van der Waals surface area contributed by atoms with E-state index in [1.54, 1.807) is 7.11 Å². The van der Waals surface area contributed by atoms with E-state index < -0.39 is 6.23 Å². The Morgan fingerprint density at radius 3 is 2.64 bits per heavy atom. The van der Waals surface area contributed by atoms with E-state index in [0.717, 1.165) is 41.3 Å². The lowest BCUT2D eigenvalue weighted by atomic mass is 9.59. The van der Waals surface area contributed by atoms with E-state index in [9.17, 15) is 5.11 Å². The van der Waals surface area contributed by atoms with E-state index in [-0.39, 0.29) is 6.04 Å². The lowest BCUT2D eigenvalue weighted by Gasteiger charge is -2.47. The zero-order valence-corrected chi connectivity index (χ0v) is 15.3. The highest BCUT2D eigenvalue weighted by Gasteiger charge is 2.39. The molecule has 4 heteroatoms. The Kier molecular flexibility index (Phi) is 5.07. The molecule has 3 N–H and O–H groups in total. The molecule has 0 radical (unpaired) electrons. The van der Waals surface area contributed by atoms with Crippen molar-refractivity contribution >= 4 is 11.4 Å². The van der Waals surface area contributed by atoms with Gasteiger partial charge in [0.2, 0.25) is 0 Å². The minimum Gasteiger partial charge on any atom is -0.497 e. The summed E-state index contributed by atoms with van der Waals surface area (Å²) in [6, 6.07) is 5.99. The molecule has 1 aromatic rings. The van der Waals surface area contributed by atoms with Crippen molar-refractivity contribution in [3.05, 3.63) is 18.2 Å². The van der Waals surface area contributed by atoms with Gasteiger partial charge < -0.3 is 20.5 Å². The topological polar surface area (TPSA) is 53.5 Å². The van der Waals surface area contributed by atoms with Crippen LogP contribution < -0.4 is 15.4 Å². The van der Waals surface area contributed by atoms with Crippen molar-refractivity contribution in [2.45, 2.75) is 70.1 Å². The molecule has 1 aromatic carbocycles. The van der Waals surface area contributed by atoms with Crippen LogP contribution in [0.25, 0.3) is 0 Å². The van der Waals surface area contributed by atoms with Gasteiger partial charge in [-0.05, 0) is 55.6 Å². The summed E-state index contributed by atoms with van der Waals surface area (Å²) in [5.74, 6) is 3.99. The summed E-state index contributed by atoms with van der Waals surface area (Å²) in [5.41, 5.74) is 1.97. The summed E-state index contributed by atoms with van der Waals surface area (Å²) in [4.78, 5) is 0. The number of aliphatic hydroxyl groups is 1. The van der Waals surface area contributed by atoms with E-state index in [1.807, 2.05) is 18.2 Å². The van der Waals surface area contributed by atoms with E-state index in [2.05, 4.69) is 10.6 Å². The maximum atomic E-state index is 10.4. The van der Waals surface area contributed by atoms with Gasteiger partial charge in [-0.25, -0.2) is 0 Å². The van der Waals surface area contributed by atoms with E-state index in [4.69, 9.17) is 4.74 Å². The van der Waals surface area contributed by atoms with Crippen molar-refractivity contribution in [2.24, 2.45) is 17.8 Å². The first-order valence-electron chi connectivity index (χ1n) is 10.1. The van der Waals surface area contributed by atoms with Crippen molar-refractivity contribution < 1.29 is 9.84 Å². The molecule has 25 heavy (non-hydrogen) atoms. The Morgan fingerprint density at radius 1 is 1.04 bits per heavy atom. The zero-order valence-electron chi connectivity index (χ0n) is 15.3. The molecule has 5 rings (SSSR count). The van der Waals surface area contributed by atoms with Gasteiger partial charge in [-0.15, -0.1) is 0 Å². The van der Waals surface area contributed by atoms with Gasteiger partial charge in [0.15, 0.2) is 0 Å². The van der Waals surface area contributed by atoms with Gasteiger partial charge in [-0.1, -0.05) is 32.1 Å². The van der Waals surface area contributed by atoms with Gasteiger partial charge >= 0.3 is 0 Å². The fourth-order valence-corrected chi connectivity index (χ4v) is 5.09. The summed E-state index contributed by atoms with van der Waals surface area (Å²) in [6.07, 6.45) is 11.8. The molecule has 3 fully saturated rings. The van der Waals surface area contributed by atoms with Gasteiger partial charge in [0.1, 0.15) is 12.0 Å². The number of methoxy groups -OCH3 is 1. The Labute approximate surface area is 151 Å². The van der Waals surface area contributed by atoms with Gasteiger partial charge in [0.25, 0.3) is 0 Å². The molecule has 2 unspecified atom stereocenters. The van der Waals surface area contributed by atoms with Crippen LogP contribution in [0.2, 0.25) is 0 Å². The molecule has 1 heterocycles. The van der Waals surface area contributed by atoms with Crippen molar-refractivity contribution in [3.63, 3.8) is 0 Å². The monoisotopic (exact) mass is 344 g/mol. The zero-order chi connectivity index (χ0) is 17.2. The van der Waals surface area contributed by atoms with Crippen molar-refractivity contribution in [2.75, 3.05) is 17.7 Å². The first-order valence-corrected chi connectivity index (χ1v) is 10.1. The number of fused-ring (bicyclic) bond motifs is 3. The van der Waals surface area contributed by atoms with Crippen LogP contribution in [-0.4, -0.2) is 24.5 Å². The second kappa shape index (κ2) is 7.45. The number of ether oxygens (including phenoxy) is 1. The molecule has 3 saturated carbocycles.